The third-order valence-electron chi connectivity index (χ3n) is 5.59. The minimum absolute atomic E-state index is 0.0345. The van der Waals surface area contributed by atoms with Crippen molar-refractivity contribution in [1.82, 2.24) is 29.8 Å². The molecule has 5 rings (SSSR count). The van der Waals surface area contributed by atoms with Crippen LogP contribution < -0.4 is 4.74 Å². The fourth-order valence-corrected chi connectivity index (χ4v) is 3.93. The van der Waals surface area contributed by atoms with Gasteiger partial charge in [0, 0.05) is 49.4 Å². The van der Waals surface area contributed by atoms with E-state index in [0.29, 0.717) is 30.3 Å². The van der Waals surface area contributed by atoms with Crippen LogP contribution in [0.5, 0.6) is 11.6 Å². The summed E-state index contributed by atoms with van der Waals surface area (Å²) >= 11 is 0. The van der Waals surface area contributed by atoms with E-state index in [9.17, 15) is 4.79 Å². The lowest BCUT2D eigenvalue weighted by molar-refractivity contribution is 0.0705. The normalized spacial score (nSPS) is 15.8. The molecule has 0 bridgehead atoms. The highest BCUT2D eigenvalue weighted by Crippen LogP contribution is 2.28. The van der Waals surface area contributed by atoms with Gasteiger partial charge in [-0.25, -0.2) is 15.0 Å². The minimum atomic E-state index is -0.0345. The number of pyridine rings is 1. The summed E-state index contributed by atoms with van der Waals surface area (Å²) in [4.78, 5) is 36.4. The van der Waals surface area contributed by atoms with Crippen LogP contribution in [0.25, 0.3) is 11.3 Å². The van der Waals surface area contributed by atoms with Crippen LogP contribution in [0.1, 0.15) is 34.8 Å². The van der Waals surface area contributed by atoms with Crippen LogP contribution in [-0.4, -0.2) is 48.8 Å². The van der Waals surface area contributed by atoms with Gasteiger partial charge in [-0.15, -0.1) is 0 Å². The molecule has 1 saturated heterocycles. The lowest BCUT2D eigenvalue weighted by Gasteiger charge is -2.32. The molecule has 1 aromatic carbocycles. The van der Waals surface area contributed by atoms with Gasteiger partial charge >= 0.3 is 0 Å². The first-order valence-corrected chi connectivity index (χ1v) is 10.8. The van der Waals surface area contributed by atoms with Crippen LogP contribution in [0, 0.1) is 0 Å². The number of ether oxygens (including phenoxy) is 1. The molecule has 164 valence electrons. The number of para-hydroxylation sites is 1. The van der Waals surface area contributed by atoms with E-state index in [1.807, 2.05) is 41.3 Å². The van der Waals surface area contributed by atoms with Gasteiger partial charge in [-0.05, 0) is 37.1 Å². The molecule has 0 saturated carbocycles. The van der Waals surface area contributed by atoms with Crippen LogP contribution in [0.2, 0.25) is 0 Å². The maximum Gasteiger partial charge on any atom is 0.255 e. The van der Waals surface area contributed by atoms with E-state index >= 15 is 0 Å². The van der Waals surface area contributed by atoms with Gasteiger partial charge in [-0.2, -0.15) is 0 Å². The van der Waals surface area contributed by atoms with E-state index in [2.05, 4.69) is 24.9 Å². The van der Waals surface area contributed by atoms with Gasteiger partial charge < -0.3 is 9.64 Å². The molecular formula is C25H22N6O2. The number of likely N-dealkylation sites (tertiary alicyclic amines) is 1. The molecule has 4 aromatic rings. The molecule has 4 heterocycles. The zero-order valence-corrected chi connectivity index (χ0v) is 17.9. The molecule has 1 aliphatic heterocycles. The van der Waals surface area contributed by atoms with Gasteiger partial charge in [-0.3, -0.25) is 14.8 Å². The summed E-state index contributed by atoms with van der Waals surface area (Å²) in [6.07, 6.45) is 11.7. The first-order chi connectivity index (χ1) is 16.3. The number of nitrogens with zero attached hydrogens (tertiary/aromatic N) is 6. The van der Waals surface area contributed by atoms with Gasteiger partial charge in [0.15, 0.2) is 0 Å². The maximum absolute atomic E-state index is 13.1. The third kappa shape index (κ3) is 4.85. The van der Waals surface area contributed by atoms with E-state index in [0.717, 1.165) is 29.8 Å². The second kappa shape index (κ2) is 9.52. The summed E-state index contributed by atoms with van der Waals surface area (Å²) in [6.45, 7) is 1.29. The number of hydrogen-bond donors (Lipinski definition) is 0. The fourth-order valence-electron chi connectivity index (χ4n) is 3.93. The molecule has 0 N–H and O–H groups in total. The molecule has 1 fully saturated rings. The number of carbonyl (C=O) groups excluding carboxylic acids is 1. The van der Waals surface area contributed by atoms with Crippen LogP contribution >= 0.6 is 0 Å². The van der Waals surface area contributed by atoms with Crippen molar-refractivity contribution in [2.24, 2.45) is 0 Å². The van der Waals surface area contributed by atoms with Crippen LogP contribution in [0.3, 0.4) is 0 Å². The molecule has 8 nitrogen and oxygen atoms in total. The summed E-state index contributed by atoms with van der Waals surface area (Å²) in [5, 5.41) is 0. The highest BCUT2D eigenvalue weighted by Gasteiger charge is 2.27. The van der Waals surface area contributed by atoms with Crippen molar-refractivity contribution < 1.29 is 9.53 Å². The van der Waals surface area contributed by atoms with Gasteiger partial charge in [0.1, 0.15) is 12.1 Å². The predicted octanol–water partition coefficient (Wildman–Crippen LogP) is 4.14. The average Bonchev–Trinajstić information content (AvgIpc) is 2.90. The first kappa shape index (κ1) is 20.7. The van der Waals surface area contributed by atoms with E-state index in [-0.39, 0.29) is 11.8 Å². The number of benzene rings is 1. The van der Waals surface area contributed by atoms with Crippen molar-refractivity contribution in [2.75, 3.05) is 13.1 Å². The molecule has 1 amide bonds. The number of rotatable bonds is 5. The Morgan fingerprint density at radius 3 is 2.58 bits per heavy atom. The van der Waals surface area contributed by atoms with Crippen LogP contribution in [0.15, 0.2) is 79.8 Å². The van der Waals surface area contributed by atoms with Crippen molar-refractivity contribution in [3.8, 4) is 22.9 Å². The van der Waals surface area contributed by atoms with Crippen LogP contribution in [-0.2, 0) is 0 Å². The summed E-state index contributed by atoms with van der Waals surface area (Å²) in [7, 11) is 0. The van der Waals surface area contributed by atoms with Crippen molar-refractivity contribution in [3.63, 3.8) is 0 Å². The topological polar surface area (TPSA) is 94.0 Å². The summed E-state index contributed by atoms with van der Waals surface area (Å²) < 4.78 is 5.83. The number of hydrogen-bond acceptors (Lipinski definition) is 7. The number of piperidine rings is 1. The van der Waals surface area contributed by atoms with Crippen molar-refractivity contribution >= 4 is 5.91 Å². The van der Waals surface area contributed by atoms with E-state index < -0.39 is 0 Å². The summed E-state index contributed by atoms with van der Waals surface area (Å²) in [5.74, 6) is 1.23. The molecule has 1 aliphatic rings. The second-order valence-electron chi connectivity index (χ2n) is 7.85. The van der Waals surface area contributed by atoms with Crippen LogP contribution in [0.4, 0.5) is 0 Å². The Morgan fingerprint density at radius 2 is 1.79 bits per heavy atom. The molecule has 33 heavy (non-hydrogen) atoms. The Kier molecular flexibility index (Phi) is 5.97. The minimum Gasteiger partial charge on any atom is -0.437 e. The Balaban J connectivity index is 1.28. The SMILES string of the molecule is O=C(c1ccc(-c2cncnc2)nc1)N1CCCC(c2cncc(Oc3ccccc3)n2)C1. The number of amides is 1. The standard InChI is InChI=1S/C25H22N6O2/c32-25(18-8-9-22(29-13-18)20-11-27-17-28-12-20)31-10-4-5-19(16-31)23-14-26-15-24(30-23)33-21-6-2-1-3-7-21/h1-3,6-9,11-15,17,19H,4-5,10,16H2. The van der Waals surface area contributed by atoms with Crippen molar-refractivity contribution in [3.05, 3.63) is 91.0 Å². The molecule has 0 aliphatic carbocycles. The Hall–Kier alpha value is -4.20. The van der Waals surface area contributed by atoms with Crippen molar-refractivity contribution in [2.45, 2.75) is 18.8 Å². The summed E-state index contributed by atoms with van der Waals surface area (Å²) in [6, 6.07) is 13.1. The van der Waals surface area contributed by atoms with E-state index in [1.54, 1.807) is 37.1 Å². The Morgan fingerprint density at radius 1 is 0.939 bits per heavy atom. The predicted molar refractivity (Wildman–Crippen MR) is 122 cm³/mol. The fraction of sp³-hybridized carbons (Fsp3) is 0.200. The monoisotopic (exact) mass is 438 g/mol. The third-order valence-corrected chi connectivity index (χ3v) is 5.59. The first-order valence-electron chi connectivity index (χ1n) is 10.8. The van der Waals surface area contributed by atoms with Crippen molar-refractivity contribution in [1.29, 1.82) is 0 Å². The highest BCUT2D eigenvalue weighted by molar-refractivity contribution is 5.94. The maximum atomic E-state index is 13.1. The Bertz CT molecular complexity index is 1220. The second-order valence-corrected chi connectivity index (χ2v) is 7.85. The zero-order chi connectivity index (χ0) is 22.5. The van der Waals surface area contributed by atoms with Gasteiger partial charge in [0.2, 0.25) is 5.88 Å². The number of aromatic nitrogens is 5. The molecule has 3 aromatic heterocycles. The molecule has 0 spiro atoms. The van der Waals surface area contributed by atoms with Gasteiger partial charge in [0.05, 0.1) is 23.1 Å². The lowest BCUT2D eigenvalue weighted by Crippen LogP contribution is -2.39. The smallest absolute Gasteiger partial charge is 0.255 e. The highest BCUT2D eigenvalue weighted by atomic mass is 16.5. The van der Waals surface area contributed by atoms with Gasteiger partial charge in [0.25, 0.3) is 5.91 Å². The average molecular weight is 438 g/mol. The Labute approximate surface area is 191 Å². The lowest BCUT2D eigenvalue weighted by atomic mass is 9.94. The molecule has 0 radical (unpaired) electrons. The molecule has 8 heteroatoms. The largest absolute Gasteiger partial charge is 0.437 e. The molecule has 1 atom stereocenters. The van der Waals surface area contributed by atoms with E-state index in [4.69, 9.17) is 4.74 Å². The number of carbonyl (C=O) groups is 1. The molecular weight excluding hydrogens is 416 g/mol. The molecule has 1 unspecified atom stereocenters. The quantitative estimate of drug-likeness (QED) is 0.462. The summed E-state index contributed by atoms with van der Waals surface area (Å²) in [5.41, 5.74) is 2.93. The zero-order valence-electron chi connectivity index (χ0n) is 17.9. The van der Waals surface area contributed by atoms with E-state index in [1.165, 1.54) is 6.33 Å². The van der Waals surface area contributed by atoms with Gasteiger partial charge in [-0.1, -0.05) is 18.2 Å².